The highest BCUT2D eigenvalue weighted by molar-refractivity contribution is 7.22. The van der Waals surface area contributed by atoms with E-state index in [1.807, 2.05) is 6.08 Å². The first-order valence-corrected chi connectivity index (χ1v) is 5.29. The predicted octanol–water partition coefficient (Wildman–Crippen LogP) is 3.76. The number of terminal acetylenes is 1. The molecule has 0 heterocycles. The van der Waals surface area contributed by atoms with Gasteiger partial charge in [0.1, 0.15) is 0 Å². The molecule has 0 aliphatic rings. The van der Waals surface area contributed by atoms with E-state index < -0.39 is 0 Å². The lowest BCUT2D eigenvalue weighted by atomic mass is 10.1. The first-order chi connectivity index (χ1) is 6.11. The molecule has 0 aliphatic carbocycles. The molecule has 72 valence electrons. The van der Waals surface area contributed by atoms with Crippen LogP contribution in [0, 0.1) is 18.3 Å². The van der Waals surface area contributed by atoms with E-state index in [2.05, 4.69) is 35.9 Å². The lowest BCUT2D eigenvalue weighted by Crippen LogP contribution is -1.89. The molecule has 0 amide bonds. The lowest BCUT2D eigenvalue weighted by molar-refractivity contribution is 0.655. The molecule has 1 heteroatoms. The highest BCUT2D eigenvalue weighted by Crippen LogP contribution is 2.23. The Hall–Kier alpha value is -0.530. The summed E-state index contributed by atoms with van der Waals surface area (Å²) in [6.45, 7) is 6.60. The highest BCUT2D eigenvalue weighted by Gasteiger charge is 2.00. The van der Waals surface area contributed by atoms with Crippen LogP contribution in [0.15, 0.2) is 23.0 Å². The maximum absolute atomic E-state index is 5.17. The number of rotatable bonds is 4. The molecule has 0 saturated heterocycles. The smallest absolute Gasteiger partial charge is 0.0119 e. The zero-order valence-electron chi connectivity index (χ0n) is 8.80. The minimum atomic E-state index is 0.702. The van der Waals surface area contributed by atoms with E-state index in [-0.39, 0.29) is 0 Å². The fourth-order valence-corrected chi connectivity index (χ4v) is 1.94. The molecule has 0 rings (SSSR count). The van der Waals surface area contributed by atoms with Gasteiger partial charge >= 0.3 is 0 Å². The molecule has 0 radical (unpaired) electrons. The molecule has 0 aromatic rings. The lowest BCUT2D eigenvalue weighted by Gasteiger charge is -2.08. The van der Waals surface area contributed by atoms with E-state index in [1.165, 1.54) is 10.9 Å². The van der Waals surface area contributed by atoms with Crippen LogP contribution in [-0.2, 0) is 0 Å². The summed E-state index contributed by atoms with van der Waals surface area (Å²) >= 11 is 0. The number of hydrogen-bond donors (Lipinski definition) is 0. The van der Waals surface area contributed by atoms with Gasteiger partial charge in [-0.2, -0.15) is 0 Å². The summed E-state index contributed by atoms with van der Waals surface area (Å²) in [5.41, 5.74) is 1.34. The first kappa shape index (κ1) is 12.5. The molecular formula is C12H19P. The summed E-state index contributed by atoms with van der Waals surface area (Å²) in [6.07, 6.45) is 11.1. The van der Waals surface area contributed by atoms with Crippen molar-refractivity contribution in [1.29, 1.82) is 0 Å². The van der Waals surface area contributed by atoms with Gasteiger partial charge in [-0.1, -0.05) is 32.8 Å². The topological polar surface area (TPSA) is 0 Å². The van der Waals surface area contributed by atoms with Gasteiger partial charge in [0.2, 0.25) is 0 Å². The van der Waals surface area contributed by atoms with Gasteiger partial charge in [-0.25, -0.2) is 0 Å². The third-order valence-electron chi connectivity index (χ3n) is 1.80. The molecule has 1 unspecified atom stereocenters. The Morgan fingerprint density at radius 3 is 2.54 bits per heavy atom. The molecule has 0 aliphatic heterocycles. The molecule has 0 fully saturated rings. The molecule has 0 nitrogen and oxygen atoms in total. The Morgan fingerprint density at radius 2 is 2.15 bits per heavy atom. The SMILES string of the molecule is C#C/C=C\C(CC)=C(\P)CC(C)C. The van der Waals surface area contributed by atoms with Crippen molar-refractivity contribution in [1.82, 2.24) is 0 Å². The second-order valence-electron chi connectivity index (χ2n) is 3.50. The van der Waals surface area contributed by atoms with Crippen LogP contribution in [-0.4, -0.2) is 0 Å². The zero-order chi connectivity index (χ0) is 10.3. The summed E-state index contributed by atoms with van der Waals surface area (Å²) in [6, 6.07) is 0. The van der Waals surface area contributed by atoms with Crippen LogP contribution in [0.3, 0.4) is 0 Å². The maximum atomic E-state index is 5.17. The summed E-state index contributed by atoms with van der Waals surface area (Å²) in [7, 11) is 2.82. The van der Waals surface area contributed by atoms with Gasteiger partial charge in [0.25, 0.3) is 0 Å². The van der Waals surface area contributed by atoms with Gasteiger partial charge in [0.15, 0.2) is 0 Å². The van der Waals surface area contributed by atoms with E-state index in [9.17, 15) is 0 Å². The van der Waals surface area contributed by atoms with Crippen LogP contribution in [0.1, 0.15) is 33.6 Å². The van der Waals surface area contributed by atoms with Crippen molar-refractivity contribution >= 4 is 9.24 Å². The van der Waals surface area contributed by atoms with Crippen LogP contribution in [0.2, 0.25) is 0 Å². The van der Waals surface area contributed by atoms with Crippen molar-refractivity contribution in [3.8, 4) is 12.3 Å². The van der Waals surface area contributed by atoms with E-state index in [0.717, 1.165) is 12.8 Å². The van der Waals surface area contributed by atoms with Crippen LogP contribution < -0.4 is 0 Å². The van der Waals surface area contributed by atoms with Crippen molar-refractivity contribution in [2.45, 2.75) is 33.6 Å². The summed E-state index contributed by atoms with van der Waals surface area (Å²) in [5, 5.41) is 1.38. The first-order valence-electron chi connectivity index (χ1n) is 4.72. The molecule has 0 spiro atoms. The molecule has 0 aromatic carbocycles. The van der Waals surface area contributed by atoms with Gasteiger partial charge in [0.05, 0.1) is 0 Å². The van der Waals surface area contributed by atoms with Crippen LogP contribution >= 0.6 is 9.24 Å². The molecule has 0 aromatic heterocycles. The van der Waals surface area contributed by atoms with Gasteiger partial charge in [-0.15, -0.1) is 15.7 Å². The van der Waals surface area contributed by atoms with Crippen molar-refractivity contribution in [3.05, 3.63) is 23.0 Å². The van der Waals surface area contributed by atoms with Gasteiger partial charge in [-0.3, -0.25) is 0 Å². The number of allylic oxidation sites excluding steroid dienone is 4. The quantitative estimate of drug-likeness (QED) is 0.363. The normalized spacial score (nSPS) is 13.2. The third kappa shape index (κ3) is 5.67. The third-order valence-corrected chi connectivity index (χ3v) is 2.41. The van der Waals surface area contributed by atoms with Crippen molar-refractivity contribution in [3.63, 3.8) is 0 Å². The van der Waals surface area contributed by atoms with Crippen molar-refractivity contribution in [2.24, 2.45) is 5.92 Å². The second-order valence-corrected chi connectivity index (χ2v) is 4.20. The summed E-state index contributed by atoms with van der Waals surface area (Å²) in [5.74, 6) is 3.22. The van der Waals surface area contributed by atoms with E-state index >= 15 is 0 Å². The molecule has 0 N–H and O–H groups in total. The molecule has 0 bridgehead atoms. The molecule has 0 saturated carbocycles. The summed E-state index contributed by atoms with van der Waals surface area (Å²) in [4.78, 5) is 0. The molecule has 13 heavy (non-hydrogen) atoms. The van der Waals surface area contributed by atoms with Gasteiger partial charge in [0, 0.05) is 0 Å². The number of hydrogen-bond acceptors (Lipinski definition) is 0. The Balaban J connectivity index is 4.51. The molecule has 1 atom stereocenters. The van der Waals surface area contributed by atoms with Crippen molar-refractivity contribution < 1.29 is 0 Å². The largest absolute Gasteiger partial charge is 0.115 e. The van der Waals surface area contributed by atoms with Crippen LogP contribution in [0.25, 0.3) is 0 Å². The fourth-order valence-electron chi connectivity index (χ4n) is 1.17. The van der Waals surface area contributed by atoms with Gasteiger partial charge < -0.3 is 0 Å². The van der Waals surface area contributed by atoms with Gasteiger partial charge in [-0.05, 0) is 35.7 Å². The minimum absolute atomic E-state index is 0.702. The summed E-state index contributed by atoms with van der Waals surface area (Å²) < 4.78 is 0. The second kappa shape index (κ2) is 6.93. The fraction of sp³-hybridized carbons (Fsp3) is 0.500. The van der Waals surface area contributed by atoms with Crippen LogP contribution in [0.5, 0.6) is 0 Å². The average Bonchev–Trinajstić information content (AvgIpc) is 2.04. The standard InChI is InChI=1S/C12H19P/c1-5-7-8-11(6-2)12(13)9-10(3)4/h1,7-8,10H,6,9,13H2,2-4H3/b8-7-,12-11+. The minimum Gasteiger partial charge on any atom is -0.115 e. The highest BCUT2D eigenvalue weighted by atomic mass is 31.0. The Bertz CT molecular complexity index is 238. The maximum Gasteiger partial charge on any atom is -0.0119 e. The predicted molar refractivity (Wildman–Crippen MR) is 64.5 cm³/mol. The van der Waals surface area contributed by atoms with E-state index in [4.69, 9.17) is 6.42 Å². The zero-order valence-corrected chi connectivity index (χ0v) is 9.96. The average molecular weight is 194 g/mol. The van der Waals surface area contributed by atoms with Crippen molar-refractivity contribution in [2.75, 3.05) is 0 Å². The van der Waals surface area contributed by atoms with Crippen LogP contribution in [0.4, 0.5) is 0 Å². The molecular weight excluding hydrogens is 175 g/mol. The van der Waals surface area contributed by atoms with E-state index in [0.29, 0.717) is 5.92 Å². The Labute approximate surface area is 84.7 Å². The van der Waals surface area contributed by atoms with E-state index in [1.54, 1.807) is 6.08 Å². The Morgan fingerprint density at radius 1 is 1.54 bits per heavy atom. The Kier molecular flexibility index (Phi) is 6.65. The monoisotopic (exact) mass is 194 g/mol.